The molecule has 1 aliphatic heterocycles. The molecule has 1 fully saturated rings. The minimum atomic E-state index is -0.756. The number of nitrogens with zero attached hydrogens (tertiary/aromatic N) is 2. The average molecular weight is 252 g/mol. The molecule has 2 rings (SSSR count). The third-order valence-electron chi connectivity index (χ3n) is 3.38. The molecule has 0 saturated carbocycles. The number of halogens is 2. The molecule has 1 heterocycles. The Morgan fingerprint density at radius 1 is 1.39 bits per heavy atom. The molecule has 0 amide bonds. The third-order valence-corrected chi connectivity index (χ3v) is 3.38. The molecule has 1 aliphatic rings. The molecule has 2 atom stereocenters. The first-order chi connectivity index (χ1) is 8.52. The van der Waals surface area contributed by atoms with Crippen molar-refractivity contribution in [3.8, 4) is 6.07 Å². The Labute approximate surface area is 104 Å². The van der Waals surface area contributed by atoms with Crippen molar-refractivity contribution < 1.29 is 13.9 Å². The van der Waals surface area contributed by atoms with Crippen LogP contribution in [-0.2, 0) is 0 Å². The SMILES string of the molecule is CC1CCN(c2c(F)cc(C#N)cc2F)CC1O. The molecule has 1 saturated heterocycles. The zero-order valence-corrected chi connectivity index (χ0v) is 10.0. The predicted molar refractivity (Wildman–Crippen MR) is 63.1 cm³/mol. The van der Waals surface area contributed by atoms with Gasteiger partial charge in [0.2, 0.25) is 0 Å². The number of nitriles is 1. The van der Waals surface area contributed by atoms with Crippen LogP contribution in [0.25, 0.3) is 0 Å². The van der Waals surface area contributed by atoms with E-state index in [9.17, 15) is 13.9 Å². The quantitative estimate of drug-likeness (QED) is 0.832. The molecule has 96 valence electrons. The summed E-state index contributed by atoms with van der Waals surface area (Å²) in [6, 6.07) is 3.74. The Morgan fingerprint density at radius 3 is 2.50 bits per heavy atom. The van der Waals surface area contributed by atoms with Crippen LogP contribution < -0.4 is 4.90 Å². The van der Waals surface area contributed by atoms with Gasteiger partial charge < -0.3 is 10.0 Å². The van der Waals surface area contributed by atoms with Crippen molar-refractivity contribution in [2.24, 2.45) is 5.92 Å². The number of hydrogen-bond donors (Lipinski definition) is 1. The van der Waals surface area contributed by atoms with Crippen molar-refractivity contribution in [3.05, 3.63) is 29.3 Å². The van der Waals surface area contributed by atoms with Gasteiger partial charge in [0.1, 0.15) is 5.69 Å². The second-order valence-electron chi connectivity index (χ2n) is 4.68. The van der Waals surface area contributed by atoms with Crippen LogP contribution >= 0.6 is 0 Å². The summed E-state index contributed by atoms with van der Waals surface area (Å²) in [5, 5.41) is 18.4. The number of hydrogen-bond acceptors (Lipinski definition) is 3. The number of β-amino-alcohol motifs (C(OH)–C–C–N with tert-alkyl or cyclic N) is 1. The molecular formula is C13H14F2N2O. The molecule has 0 aromatic heterocycles. The average Bonchev–Trinajstić information content (AvgIpc) is 2.32. The zero-order chi connectivity index (χ0) is 13.3. The fraction of sp³-hybridized carbons (Fsp3) is 0.462. The highest BCUT2D eigenvalue weighted by Crippen LogP contribution is 2.29. The standard InChI is InChI=1S/C13H14F2N2O/c1-8-2-3-17(7-12(8)18)13-10(14)4-9(6-16)5-11(13)15/h4-5,8,12,18H,2-3,7H2,1H3. The van der Waals surface area contributed by atoms with E-state index in [2.05, 4.69) is 0 Å². The van der Waals surface area contributed by atoms with E-state index in [1.807, 2.05) is 6.92 Å². The Bertz CT molecular complexity index is 475. The summed E-state index contributed by atoms with van der Waals surface area (Å²) in [6.45, 7) is 2.62. The van der Waals surface area contributed by atoms with Crippen LogP contribution in [0.1, 0.15) is 18.9 Å². The van der Waals surface area contributed by atoms with E-state index >= 15 is 0 Å². The van der Waals surface area contributed by atoms with Gasteiger partial charge in [0, 0.05) is 13.1 Å². The van der Waals surface area contributed by atoms with Crippen molar-refractivity contribution in [1.82, 2.24) is 0 Å². The monoisotopic (exact) mass is 252 g/mol. The van der Waals surface area contributed by atoms with Crippen molar-refractivity contribution in [2.45, 2.75) is 19.4 Å². The highest BCUT2D eigenvalue weighted by molar-refractivity contribution is 5.53. The second kappa shape index (κ2) is 4.91. The van der Waals surface area contributed by atoms with Gasteiger partial charge in [-0.3, -0.25) is 0 Å². The van der Waals surface area contributed by atoms with E-state index in [0.717, 1.165) is 12.1 Å². The summed E-state index contributed by atoms with van der Waals surface area (Å²) in [7, 11) is 0. The highest BCUT2D eigenvalue weighted by atomic mass is 19.1. The van der Waals surface area contributed by atoms with Gasteiger partial charge in [0.25, 0.3) is 0 Å². The van der Waals surface area contributed by atoms with Crippen molar-refractivity contribution >= 4 is 5.69 Å². The predicted octanol–water partition coefficient (Wildman–Crippen LogP) is 2.04. The van der Waals surface area contributed by atoms with Crippen LogP contribution in [0.3, 0.4) is 0 Å². The number of benzene rings is 1. The lowest BCUT2D eigenvalue weighted by atomic mass is 9.95. The Morgan fingerprint density at radius 2 is 2.00 bits per heavy atom. The second-order valence-corrected chi connectivity index (χ2v) is 4.68. The molecule has 2 unspecified atom stereocenters. The lowest BCUT2D eigenvalue weighted by Gasteiger charge is -2.36. The molecule has 0 aliphatic carbocycles. The maximum atomic E-state index is 13.8. The van der Waals surface area contributed by atoms with Crippen molar-refractivity contribution in [2.75, 3.05) is 18.0 Å². The van der Waals surface area contributed by atoms with Gasteiger partial charge in [-0.1, -0.05) is 6.92 Å². The maximum absolute atomic E-state index is 13.8. The van der Waals surface area contributed by atoms with Gasteiger partial charge >= 0.3 is 0 Å². The summed E-state index contributed by atoms with van der Waals surface area (Å²) in [6.07, 6.45) is 0.0910. The number of anilines is 1. The zero-order valence-electron chi connectivity index (χ0n) is 10.0. The van der Waals surface area contributed by atoms with Gasteiger partial charge in [-0.25, -0.2) is 8.78 Å². The van der Waals surface area contributed by atoms with E-state index in [0.29, 0.717) is 13.0 Å². The maximum Gasteiger partial charge on any atom is 0.150 e. The molecule has 5 heteroatoms. The van der Waals surface area contributed by atoms with Crippen LogP contribution in [0.15, 0.2) is 12.1 Å². The number of aliphatic hydroxyl groups is 1. The van der Waals surface area contributed by atoms with E-state index < -0.39 is 17.7 Å². The lowest BCUT2D eigenvalue weighted by Crippen LogP contribution is -2.43. The van der Waals surface area contributed by atoms with Crippen molar-refractivity contribution in [1.29, 1.82) is 5.26 Å². The molecule has 1 aromatic rings. The van der Waals surface area contributed by atoms with Gasteiger partial charge in [-0.2, -0.15) is 5.26 Å². The number of rotatable bonds is 1. The Kier molecular flexibility index (Phi) is 3.48. The molecule has 1 aromatic carbocycles. The number of aliphatic hydroxyl groups excluding tert-OH is 1. The summed E-state index contributed by atoms with van der Waals surface area (Å²) in [4.78, 5) is 1.50. The van der Waals surface area contributed by atoms with Crippen LogP contribution in [0, 0.1) is 28.9 Å². The molecule has 1 N–H and O–H groups in total. The lowest BCUT2D eigenvalue weighted by molar-refractivity contribution is 0.102. The normalized spacial score (nSPS) is 23.8. The first-order valence-corrected chi connectivity index (χ1v) is 5.85. The molecule has 0 radical (unpaired) electrons. The summed E-state index contributed by atoms with van der Waals surface area (Å²) >= 11 is 0. The molecule has 3 nitrogen and oxygen atoms in total. The largest absolute Gasteiger partial charge is 0.391 e. The summed E-state index contributed by atoms with van der Waals surface area (Å²) < 4.78 is 27.6. The Balaban J connectivity index is 2.32. The third kappa shape index (κ3) is 2.29. The fourth-order valence-corrected chi connectivity index (χ4v) is 2.18. The van der Waals surface area contributed by atoms with Crippen LogP contribution in [0.5, 0.6) is 0 Å². The van der Waals surface area contributed by atoms with Crippen LogP contribution in [0.4, 0.5) is 14.5 Å². The van der Waals surface area contributed by atoms with Crippen LogP contribution in [0.2, 0.25) is 0 Å². The van der Waals surface area contributed by atoms with Crippen molar-refractivity contribution in [3.63, 3.8) is 0 Å². The summed E-state index contributed by atoms with van der Waals surface area (Å²) in [5.41, 5.74) is -0.195. The van der Waals surface area contributed by atoms with E-state index in [4.69, 9.17) is 5.26 Å². The smallest absolute Gasteiger partial charge is 0.150 e. The summed E-state index contributed by atoms with van der Waals surface area (Å²) in [5.74, 6) is -1.38. The van der Waals surface area contributed by atoms with E-state index in [1.165, 1.54) is 4.90 Å². The Hall–Kier alpha value is -1.67. The van der Waals surface area contributed by atoms with Gasteiger partial charge in [0.15, 0.2) is 11.6 Å². The highest BCUT2D eigenvalue weighted by Gasteiger charge is 2.27. The molecular weight excluding hydrogens is 238 g/mol. The number of piperidine rings is 1. The van der Waals surface area contributed by atoms with Gasteiger partial charge in [-0.15, -0.1) is 0 Å². The minimum absolute atomic E-state index is 0.0420. The topological polar surface area (TPSA) is 47.3 Å². The van der Waals surface area contributed by atoms with Gasteiger partial charge in [-0.05, 0) is 24.5 Å². The first-order valence-electron chi connectivity index (χ1n) is 5.85. The van der Waals surface area contributed by atoms with E-state index in [-0.39, 0.29) is 23.7 Å². The fourth-order valence-electron chi connectivity index (χ4n) is 2.18. The van der Waals surface area contributed by atoms with Crippen LogP contribution in [-0.4, -0.2) is 24.3 Å². The molecule has 0 bridgehead atoms. The molecule has 18 heavy (non-hydrogen) atoms. The molecule has 0 spiro atoms. The minimum Gasteiger partial charge on any atom is -0.391 e. The van der Waals surface area contributed by atoms with E-state index in [1.54, 1.807) is 6.07 Å². The van der Waals surface area contributed by atoms with Gasteiger partial charge in [0.05, 0.1) is 17.7 Å². The first kappa shape index (κ1) is 12.8.